The predicted molar refractivity (Wildman–Crippen MR) is 129 cm³/mol. The number of anilines is 1. The number of piperazine rings is 1. The summed E-state index contributed by atoms with van der Waals surface area (Å²) in [5.74, 6) is -1.56. The number of amides is 2. The van der Waals surface area contributed by atoms with Crippen LogP contribution in [0.1, 0.15) is 30.6 Å². The number of β-amino-alcohol motifs (C(OH)–C–C–N with tert-alkyl or cyclic N) is 1. The molecule has 0 bridgehead atoms. The maximum absolute atomic E-state index is 14.0. The molecule has 2 heterocycles. The van der Waals surface area contributed by atoms with Gasteiger partial charge in [-0.2, -0.15) is 0 Å². The SMILES string of the molecule is CC(C)(NC(=O)c1ccccc1F)C(=O)N1CC[C@@](O)(CN2CCN(c3ccccc3)CC2)C1. The van der Waals surface area contributed by atoms with E-state index in [0.717, 1.165) is 26.2 Å². The number of likely N-dealkylation sites (tertiary alicyclic amines) is 1. The third-order valence-corrected chi connectivity index (χ3v) is 6.71. The van der Waals surface area contributed by atoms with E-state index < -0.39 is 22.9 Å². The van der Waals surface area contributed by atoms with Crippen LogP contribution < -0.4 is 10.2 Å². The van der Waals surface area contributed by atoms with Crippen LogP contribution >= 0.6 is 0 Å². The molecule has 34 heavy (non-hydrogen) atoms. The average molecular weight is 469 g/mol. The Bertz CT molecular complexity index is 1020. The van der Waals surface area contributed by atoms with Gasteiger partial charge in [0.05, 0.1) is 17.7 Å². The Morgan fingerprint density at radius 1 is 1.00 bits per heavy atom. The van der Waals surface area contributed by atoms with Crippen LogP contribution in [0.4, 0.5) is 10.1 Å². The van der Waals surface area contributed by atoms with E-state index in [-0.39, 0.29) is 18.0 Å². The lowest BCUT2D eigenvalue weighted by molar-refractivity contribution is -0.136. The van der Waals surface area contributed by atoms with Crippen LogP contribution in [0.5, 0.6) is 0 Å². The second-order valence-corrected chi connectivity index (χ2v) is 9.86. The number of hydrogen-bond donors (Lipinski definition) is 2. The summed E-state index contributed by atoms with van der Waals surface area (Å²) in [6, 6.07) is 16.0. The number of nitrogens with zero attached hydrogens (tertiary/aromatic N) is 3. The molecular formula is C26H33FN4O3. The number of hydrogen-bond acceptors (Lipinski definition) is 5. The molecule has 0 saturated carbocycles. The zero-order valence-electron chi connectivity index (χ0n) is 19.8. The number of carbonyl (C=O) groups is 2. The fourth-order valence-corrected chi connectivity index (χ4v) is 4.82. The van der Waals surface area contributed by atoms with Crippen molar-refractivity contribution in [3.8, 4) is 0 Å². The molecule has 2 fully saturated rings. The number of para-hydroxylation sites is 1. The molecule has 2 amide bonds. The summed E-state index contributed by atoms with van der Waals surface area (Å²) < 4.78 is 14.0. The van der Waals surface area contributed by atoms with E-state index in [9.17, 15) is 19.1 Å². The number of carbonyl (C=O) groups excluding carboxylic acids is 2. The lowest BCUT2D eigenvalue weighted by Gasteiger charge is -2.39. The third kappa shape index (κ3) is 5.39. The van der Waals surface area contributed by atoms with Crippen molar-refractivity contribution >= 4 is 17.5 Å². The molecule has 0 aromatic heterocycles. The van der Waals surface area contributed by atoms with Gasteiger partial charge in [-0.25, -0.2) is 4.39 Å². The van der Waals surface area contributed by atoms with Gasteiger partial charge in [-0.3, -0.25) is 14.5 Å². The van der Waals surface area contributed by atoms with Gasteiger partial charge < -0.3 is 20.2 Å². The quantitative estimate of drug-likeness (QED) is 0.679. The molecule has 2 aromatic carbocycles. The van der Waals surface area contributed by atoms with Crippen LogP contribution in [0.3, 0.4) is 0 Å². The van der Waals surface area contributed by atoms with Crippen molar-refractivity contribution in [2.75, 3.05) is 50.7 Å². The summed E-state index contributed by atoms with van der Waals surface area (Å²) in [5.41, 5.74) is -1.11. The lowest BCUT2D eigenvalue weighted by atomic mass is 10.0. The zero-order valence-corrected chi connectivity index (χ0v) is 19.8. The van der Waals surface area contributed by atoms with Crippen molar-refractivity contribution in [3.05, 3.63) is 66.0 Å². The Kier molecular flexibility index (Phi) is 6.91. The molecule has 2 aromatic rings. The average Bonchev–Trinajstić information content (AvgIpc) is 3.21. The largest absolute Gasteiger partial charge is 0.387 e. The van der Waals surface area contributed by atoms with Gasteiger partial charge in [0.1, 0.15) is 11.4 Å². The Balaban J connectivity index is 1.31. The standard InChI is InChI=1S/C26H33FN4O3/c1-25(2,28-23(32)21-10-6-7-11-22(21)27)24(33)31-13-12-26(34,19-31)18-29-14-16-30(17-15-29)20-8-4-3-5-9-20/h3-11,34H,12-19H2,1-2H3,(H,28,32)/t26-/m1/s1. The van der Waals surface area contributed by atoms with Gasteiger partial charge in [-0.05, 0) is 44.5 Å². The maximum Gasteiger partial charge on any atom is 0.255 e. The van der Waals surface area contributed by atoms with Gasteiger partial charge in [0, 0.05) is 45.0 Å². The van der Waals surface area contributed by atoms with Gasteiger partial charge in [-0.1, -0.05) is 30.3 Å². The molecule has 0 radical (unpaired) electrons. The van der Waals surface area contributed by atoms with Crippen molar-refractivity contribution in [1.82, 2.24) is 15.1 Å². The molecule has 2 aliphatic heterocycles. The predicted octanol–water partition coefficient (Wildman–Crippen LogP) is 2.12. The number of halogens is 1. The van der Waals surface area contributed by atoms with Crippen LogP contribution in [0.15, 0.2) is 54.6 Å². The molecule has 1 atom stereocenters. The summed E-state index contributed by atoms with van der Waals surface area (Å²) in [5, 5.41) is 13.9. The molecule has 182 valence electrons. The first-order valence-electron chi connectivity index (χ1n) is 11.8. The third-order valence-electron chi connectivity index (χ3n) is 6.71. The van der Waals surface area contributed by atoms with E-state index in [2.05, 4.69) is 27.2 Å². The van der Waals surface area contributed by atoms with Gasteiger partial charge in [0.2, 0.25) is 5.91 Å². The Morgan fingerprint density at radius 3 is 2.32 bits per heavy atom. The minimum atomic E-state index is -1.23. The smallest absolute Gasteiger partial charge is 0.255 e. The fraction of sp³-hybridized carbons (Fsp3) is 0.462. The molecule has 0 spiro atoms. The van der Waals surface area contributed by atoms with Crippen LogP contribution in [0.2, 0.25) is 0 Å². The highest BCUT2D eigenvalue weighted by molar-refractivity contribution is 5.99. The van der Waals surface area contributed by atoms with Crippen molar-refractivity contribution in [3.63, 3.8) is 0 Å². The van der Waals surface area contributed by atoms with Crippen molar-refractivity contribution in [2.24, 2.45) is 0 Å². The fourth-order valence-electron chi connectivity index (χ4n) is 4.82. The summed E-state index contributed by atoms with van der Waals surface area (Å²) in [6.07, 6.45) is 0.481. The highest BCUT2D eigenvalue weighted by Crippen LogP contribution is 2.26. The van der Waals surface area contributed by atoms with Crippen molar-refractivity contribution < 1.29 is 19.1 Å². The molecule has 0 aliphatic carbocycles. The van der Waals surface area contributed by atoms with Gasteiger partial charge in [-0.15, -0.1) is 0 Å². The molecule has 8 heteroatoms. The van der Waals surface area contributed by atoms with E-state index in [1.54, 1.807) is 24.8 Å². The van der Waals surface area contributed by atoms with Crippen molar-refractivity contribution in [2.45, 2.75) is 31.4 Å². The molecule has 7 nitrogen and oxygen atoms in total. The van der Waals surface area contributed by atoms with E-state index >= 15 is 0 Å². The topological polar surface area (TPSA) is 76.1 Å². The van der Waals surface area contributed by atoms with Gasteiger partial charge >= 0.3 is 0 Å². The van der Waals surface area contributed by atoms with Crippen LogP contribution in [-0.4, -0.2) is 83.7 Å². The highest BCUT2D eigenvalue weighted by Gasteiger charge is 2.44. The first-order chi connectivity index (χ1) is 16.2. The molecule has 2 saturated heterocycles. The Labute approximate surface area is 200 Å². The number of nitrogens with one attached hydrogen (secondary N) is 1. The molecule has 0 unspecified atom stereocenters. The van der Waals surface area contributed by atoms with Gasteiger partial charge in [0.25, 0.3) is 5.91 Å². The summed E-state index contributed by atoms with van der Waals surface area (Å²) in [7, 11) is 0. The summed E-state index contributed by atoms with van der Waals surface area (Å²) >= 11 is 0. The van der Waals surface area contributed by atoms with E-state index in [4.69, 9.17) is 0 Å². The van der Waals surface area contributed by atoms with Crippen LogP contribution in [0.25, 0.3) is 0 Å². The minimum absolute atomic E-state index is 0.101. The minimum Gasteiger partial charge on any atom is -0.387 e. The molecule has 2 aliphatic rings. The second-order valence-electron chi connectivity index (χ2n) is 9.86. The second kappa shape index (κ2) is 9.72. The molecular weight excluding hydrogens is 435 g/mol. The van der Waals surface area contributed by atoms with Crippen molar-refractivity contribution in [1.29, 1.82) is 0 Å². The van der Waals surface area contributed by atoms with E-state index in [0.29, 0.717) is 19.5 Å². The molecule has 2 N–H and O–H groups in total. The van der Waals surface area contributed by atoms with Crippen LogP contribution in [-0.2, 0) is 4.79 Å². The summed E-state index contributed by atoms with van der Waals surface area (Å²) in [6.45, 7) is 7.80. The first-order valence-corrected chi connectivity index (χ1v) is 11.8. The van der Waals surface area contributed by atoms with Crippen LogP contribution in [0, 0.1) is 5.82 Å². The number of aliphatic hydroxyl groups is 1. The monoisotopic (exact) mass is 468 g/mol. The maximum atomic E-state index is 14.0. The van der Waals surface area contributed by atoms with Gasteiger partial charge in [0.15, 0.2) is 0 Å². The Hall–Kier alpha value is -2.97. The summed E-state index contributed by atoms with van der Waals surface area (Å²) in [4.78, 5) is 31.9. The van der Waals surface area contributed by atoms with E-state index in [1.165, 1.54) is 23.9 Å². The lowest BCUT2D eigenvalue weighted by Crippen LogP contribution is -2.57. The first kappa shape index (κ1) is 24.2. The highest BCUT2D eigenvalue weighted by atomic mass is 19.1. The molecule has 4 rings (SSSR count). The normalized spacial score (nSPS) is 21.5. The Morgan fingerprint density at radius 2 is 1.65 bits per heavy atom. The zero-order chi connectivity index (χ0) is 24.3. The van der Waals surface area contributed by atoms with E-state index in [1.807, 2.05) is 18.2 Å². The number of benzene rings is 2. The number of rotatable bonds is 6.